The van der Waals surface area contributed by atoms with E-state index in [-0.39, 0.29) is 46.5 Å². The predicted octanol–water partition coefficient (Wildman–Crippen LogP) is 7.15. The highest BCUT2D eigenvalue weighted by Gasteiger charge is 2.20. The summed E-state index contributed by atoms with van der Waals surface area (Å²) < 4.78 is 36.2. The normalized spacial score (nSPS) is 10.9. The number of imidazole rings is 2. The van der Waals surface area contributed by atoms with Gasteiger partial charge in [0.15, 0.2) is 21.4 Å². The topological polar surface area (TPSA) is 296 Å². The van der Waals surface area contributed by atoms with Gasteiger partial charge in [0.25, 0.3) is 11.6 Å². The number of hydrogen-bond acceptors (Lipinski definition) is 12. The van der Waals surface area contributed by atoms with Gasteiger partial charge in [-0.1, -0.05) is 24.9 Å². The van der Waals surface area contributed by atoms with E-state index in [1.807, 2.05) is 6.92 Å². The minimum Gasteiger partial charge on any atom is -0.493 e. The molecular formula is C34H33ClN10O11P2S2. The number of amides is 2. The van der Waals surface area contributed by atoms with Gasteiger partial charge in [-0.05, 0) is 68.9 Å². The zero-order valence-corrected chi connectivity index (χ0v) is 35.7. The molecule has 21 nitrogen and oxygen atoms in total. The highest BCUT2D eigenvalue weighted by molar-refractivity contribution is 7.99. The van der Waals surface area contributed by atoms with Gasteiger partial charge in [-0.2, -0.15) is 0 Å². The molecule has 26 heteroatoms. The smallest absolute Gasteiger partial charge is 0.493 e. The van der Waals surface area contributed by atoms with Crippen molar-refractivity contribution in [2.45, 2.75) is 25.9 Å². The number of carbonyl (C=O) groups is 2. The van der Waals surface area contributed by atoms with E-state index in [0.29, 0.717) is 49.3 Å². The number of aryl methyl sites for hydroxylation is 3. The third kappa shape index (κ3) is 13.3. The van der Waals surface area contributed by atoms with Crippen LogP contribution in [0.2, 0.25) is 0 Å². The average molecular weight is 919 g/mol. The van der Waals surface area contributed by atoms with E-state index in [4.69, 9.17) is 61.3 Å². The summed E-state index contributed by atoms with van der Waals surface area (Å²) >= 11 is 11.4. The number of hydrogen-bond donors (Lipinski definition) is 9. The summed E-state index contributed by atoms with van der Waals surface area (Å²) in [6.07, 6.45) is 3.14. The van der Waals surface area contributed by atoms with Crippen LogP contribution in [0.1, 0.15) is 16.7 Å². The molecule has 2 amide bonds. The van der Waals surface area contributed by atoms with Gasteiger partial charge in [-0.15, -0.1) is 21.6 Å². The van der Waals surface area contributed by atoms with Crippen LogP contribution >= 0.6 is 51.2 Å². The molecule has 0 radical (unpaired) electrons. The number of nitrogens with zero attached hydrogens (tertiary/aromatic N) is 5. The molecular weight excluding hydrogens is 886 g/mol. The Bertz CT molecular complexity index is 2810. The Morgan fingerprint density at radius 1 is 0.833 bits per heavy atom. The first kappa shape index (κ1) is 46.8. The lowest BCUT2D eigenvalue weighted by molar-refractivity contribution is -0.114. The van der Waals surface area contributed by atoms with E-state index in [2.05, 4.69) is 59.3 Å². The zero-order valence-electron chi connectivity index (χ0n) is 31.5. The van der Waals surface area contributed by atoms with Gasteiger partial charge in [-0.3, -0.25) is 29.2 Å². The number of ether oxygens (including phenoxy) is 1. The van der Waals surface area contributed by atoms with Crippen molar-refractivity contribution < 1.29 is 52.1 Å². The molecule has 6 aromatic rings. The van der Waals surface area contributed by atoms with E-state index >= 15 is 0 Å². The van der Waals surface area contributed by atoms with Crippen LogP contribution in [0.15, 0.2) is 53.9 Å². The number of rotatable bonds is 11. The fraction of sp³-hybridized carbons (Fsp3) is 0.176. The highest BCUT2D eigenvalue weighted by Crippen LogP contribution is 2.43. The molecule has 0 atom stereocenters. The third-order valence-corrected chi connectivity index (χ3v) is 9.70. The van der Waals surface area contributed by atoms with Crippen molar-refractivity contribution in [2.24, 2.45) is 0 Å². The molecule has 314 valence electrons. The third-order valence-electron chi connectivity index (χ3n) is 7.51. The number of anilines is 2. The average Bonchev–Trinajstić information content (AvgIpc) is 3.79. The number of H-pyrrole nitrogens is 3. The molecule has 0 saturated heterocycles. The lowest BCUT2D eigenvalue weighted by Gasteiger charge is -2.12. The predicted molar refractivity (Wildman–Crippen MR) is 225 cm³/mol. The molecule has 4 aromatic heterocycles. The SMILES string of the molecule is Cc1cc(NC(=O)CCl)ccc1OP(=O)(O)O.[C-]#[N+]c1ncc2[nH]c(=S)[nH]c2c1C.[C-]#[N+]c1ncc2[nH]c(SCC(=O)Nc3ccc(OP(=O)(O)O)c(OC)c3)nc2c1C. The maximum absolute atomic E-state index is 12.3. The first-order chi connectivity index (χ1) is 28.2. The van der Waals surface area contributed by atoms with Crippen molar-refractivity contribution in [1.29, 1.82) is 0 Å². The van der Waals surface area contributed by atoms with Crippen LogP contribution in [0, 0.1) is 38.7 Å². The summed E-state index contributed by atoms with van der Waals surface area (Å²) in [5.41, 5.74) is 5.84. The molecule has 0 saturated carbocycles. The van der Waals surface area contributed by atoms with E-state index in [1.54, 1.807) is 20.0 Å². The number of nitrogens with one attached hydrogen (secondary N) is 5. The van der Waals surface area contributed by atoms with Crippen LogP contribution in [-0.2, 0) is 18.7 Å². The van der Waals surface area contributed by atoms with Crippen LogP contribution < -0.4 is 24.4 Å². The molecule has 0 aliphatic rings. The molecule has 6 rings (SSSR count). The van der Waals surface area contributed by atoms with Crippen LogP contribution in [0.4, 0.5) is 23.0 Å². The number of pyridine rings is 2. The molecule has 9 N–H and O–H groups in total. The van der Waals surface area contributed by atoms with Crippen LogP contribution in [-0.4, -0.2) is 80.0 Å². The molecule has 4 heterocycles. The van der Waals surface area contributed by atoms with Gasteiger partial charge >= 0.3 is 15.6 Å². The number of halogens is 1. The molecule has 0 unspecified atom stereocenters. The Morgan fingerprint density at radius 3 is 1.98 bits per heavy atom. The molecule has 0 spiro atoms. The van der Waals surface area contributed by atoms with E-state index in [9.17, 15) is 18.7 Å². The molecule has 0 aliphatic heterocycles. The van der Waals surface area contributed by atoms with Gasteiger partial charge in [0.2, 0.25) is 11.8 Å². The van der Waals surface area contributed by atoms with Gasteiger partial charge in [0.1, 0.15) is 35.1 Å². The van der Waals surface area contributed by atoms with E-state index in [1.165, 1.54) is 61.5 Å². The number of thioether (sulfide) groups is 1. The number of aromatic amines is 3. The van der Waals surface area contributed by atoms with Gasteiger partial charge in [0, 0.05) is 28.6 Å². The fourth-order valence-corrected chi connectivity index (χ4v) is 6.75. The molecule has 0 bridgehead atoms. The molecule has 0 fully saturated rings. The number of phosphoric ester groups is 2. The van der Waals surface area contributed by atoms with Gasteiger partial charge in [-0.25, -0.2) is 14.1 Å². The Labute approximate surface area is 354 Å². The number of phosphoric acid groups is 2. The first-order valence-corrected chi connectivity index (χ1v) is 21.5. The van der Waals surface area contributed by atoms with Gasteiger partial charge < -0.3 is 49.1 Å². The minimum absolute atomic E-state index is 0.0467. The summed E-state index contributed by atoms with van der Waals surface area (Å²) in [6.45, 7) is 19.2. The number of aromatic nitrogens is 6. The number of alkyl halides is 1. The fourth-order valence-electron chi connectivity index (χ4n) is 4.92. The minimum atomic E-state index is -4.74. The van der Waals surface area contributed by atoms with Crippen molar-refractivity contribution in [3.05, 3.63) is 93.1 Å². The lowest BCUT2D eigenvalue weighted by atomic mass is 10.2. The van der Waals surface area contributed by atoms with Crippen LogP contribution in [0.5, 0.6) is 17.2 Å². The lowest BCUT2D eigenvalue weighted by Crippen LogP contribution is -2.14. The summed E-state index contributed by atoms with van der Waals surface area (Å²) in [5.74, 6) is -0.158. The van der Waals surface area contributed by atoms with Crippen molar-refractivity contribution >= 4 is 108 Å². The quantitative estimate of drug-likeness (QED) is 0.0205. The van der Waals surface area contributed by atoms with Crippen LogP contribution in [0.3, 0.4) is 0 Å². The summed E-state index contributed by atoms with van der Waals surface area (Å²) in [4.78, 5) is 86.5. The molecule has 60 heavy (non-hydrogen) atoms. The second-order valence-corrected chi connectivity index (χ2v) is 15.8. The number of benzene rings is 2. The largest absolute Gasteiger partial charge is 0.524 e. The second kappa shape index (κ2) is 20.4. The Hall–Kier alpha value is -5.84. The summed E-state index contributed by atoms with van der Waals surface area (Å²) in [5, 5.41) is 5.67. The standard InChI is InChI=1S/C17H16N5O6PS.C9H11ClNO5P.C8H6N4S/c1-9-15-11(7-19-16(9)18-2)21-17(22-15)30-8-14(23)20-10-4-5-12(13(6-10)27-3)28-29(24,25)26;1-6-4-7(11-9(12)5-10)2-3-8(6)16-17(13,14)15;1-4-6-5(11-8(13)12-6)3-10-7(4)9-2/h4-7H,8H2,1,3H3,(H,20,23)(H,21,22)(H2,24,25,26);2-4H,5H2,1H3,(H,11,12)(H2,13,14,15);3H,1H3,(H2,11,12,13). The monoisotopic (exact) mass is 918 g/mol. The Balaban J connectivity index is 0.000000222. The van der Waals surface area contributed by atoms with Crippen molar-refractivity contribution in [2.75, 3.05) is 29.4 Å². The maximum atomic E-state index is 12.3. The maximum Gasteiger partial charge on any atom is 0.524 e. The summed E-state index contributed by atoms with van der Waals surface area (Å²) in [7, 11) is -8.00. The van der Waals surface area contributed by atoms with Crippen molar-refractivity contribution in [1.82, 2.24) is 29.9 Å². The molecule has 2 aromatic carbocycles. The number of methoxy groups -OCH3 is 1. The second-order valence-electron chi connectivity index (χ2n) is 11.8. The van der Waals surface area contributed by atoms with Crippen LogP contribution in [0.25, 0.3) is 31.8 Å². The Morgan fingerprint density at radius 2 is 1.40 bits per heavy atom. The van der Waals surface area contributed by atoms with E-state index < -0.39 is 15.6 Å². The molecule has 0 aliphatic carbocycles. The van der Waals surface area contributed by atoms with E-state index in [0.717, 1.165) is 16.6 Å². The number of fused-ring (bicyclic) bond motifs is 2. The van der Waals surface area contributed by atoms with Gasteiger partial charge in [0.05, 0.1) is 23.9 Å². The van der Waals surface area contributed by atoms with Crippen molar-refractivity contribution in [3.63, 3.8) is 0 Å². The highest BCUT2D eigenvalue weighted by atomic mass is 35.5. The summed E-state index contributed by atoms with van der Waals surface area (Å²) in [6, 6.07) is 8.44. The number of carbonyl (C=O) groups excluding carboxylic acids is 2. The van der Waals surface area contributed by atoms with Crippen molar-refractivity contribution in [3.8, 4) is 17.2 Å². The Kier molecular flexibility index (Phi) is 15.9. The zero-order chi connectivity index (χ0) is 44.4. The first-order valence-electron chi connectivity index (χ1n) is 16.5.